The maximum absolute atomic E-state index is 13.5. The first-order valence-electron chi connectivity index (χ1n) is 11.5. The molecule has 168 valence electrons. The molecule has 6 heteroatoms. The van der Waals surface area contributed by atoms with E-state index in [0.717, 1.165) is 22.0 Å². The first-order chi connectivity index (χ1) is 16.0. The van der Waals surface area contributed by atoms with E-state index in [4.69, 9.17) is 0 Å². The van der Waals surface area contributed by atoms with Crippen LogP contribution < -0.4 is 4.90 Å². The Labute approximate surface area is 193 Å². The Morgan fingerprint density at radius 3 is 2.30 bits per heavy atom. The third-order valence-electron chi connectivity index (χ3n) is 6.61. The van der Waals surface area contributed by atoms with Crippen LogP contribution in [0, 0.1) is 5.92 Å². The summed E-state index contributed by atoms with van der Waals surface area (Å²) in [4.78, 5) is 44.4. The summed E-state index contributed by atoms with van der Waals surface area (Å²) in [6.07, 6.45) is 0. The Morgan fingerprint density at radius 1 is 0.848 bits per heavy atom. The lowest BCUT2D eigenvalue weighted by Gasteiger charge is -2.37. The Kier molecular flexibility index (Phi) is 5.36. The van der Waals surface area contributed by atoms with Gasteiger partial charge in [-0.3, -0.25) is 19.3 Å². The van der Waals surface area contributed by atoms with Crippen LogP contribution in [0.5, 0.6) is 0 Å². The Morgan fingerprint density at radius 2 is 1.55 bits per heavy atom. The smallest absolute Gasteiger partial charge is 0.263 e. The first-order valence-corrected chi connectivity index (χ1v) is 11.5. The van der Waals surface area contributed by atoms with Crippen LogP contribution in [0.1, 0.15) is 40.1 Å². The molecule has 0 N–H and O–H groups in total. The summed E-state index contributed by atoms with van der Waals surface area (Å²) in [6, 6.07) is 19.4. The SMILES string of the molecule is CC(C)C(=O)N1CCN(c2cccc3c2C(=O)N(Cc2cccc4ccccc24)C3=O)CC1. The molecule has 0 aromatic heterocycles. The number of carbonyl (C=O) groups excluding carboxylic acids is 3. The third-order valence-corrected chi connectivity index (χ3v) is 6.61. The maximum atomic E-state index is 13.5. The van der Waals surface area contributed by atoms with E-state index in [1.165, 1.54) is 4.90 Å². The number of hydrogen-bond donors (Lipinski definition) is 0. The largest absolute Gasteiger partial charge is 0.367 e. The molecule has 0 bridgehead atoms. The van der Waals surface area contributed by atoms with E-state index in [9.17, 15) is 14.4 Å². The van der Waals surface area contributed by atoms with Gasteiger partial charge in [-0.05, 0) is 28.5 Å². The van der Waals surface area contributed by atoms with Crippen molar-refractivity contribution < 1.29 is 14.4 Å². The van der Waals surface area contributed by atoms with Crippen LogP contribution in [0.15, 0.2) is 60.7 Å². The lowest BCUT2D eigenvalue weighted by atomic mass is 10.0. The van der Waals surface area contributed by atoms with Gasteiger partial charge >= 0.3 is 0 Å². The Bertz CT molecular complexity index is 1250. The van der Waals surface area contributed by atoms with E-state index in [1.54, 1.807) is 6.07 Å². The highest BCUT2D eigenvalue weighted by Crippen LogP contribution is 2.34. The van der Waals surface area contributed by atoms with Gasteiger partial charge in [-0.2, -0.15) is 0 Å². The number of amides is 3. The van der Waals surface area contributed by atoms with Gasteiger partial charge < -0.3 is 9.80 Å². The minimum atomic E-state index is -0.251. The highest BCUT2D eigenvalue weighted by atomic mass is 16.2. The number of nitrogens with zero attached hydrogens (tertiary/aromatic N) is 3. The van der Waals surface area contributed by atoms with Crippen molar-refractivity contribution in [2.24, 2.45) is 5.92 Å². The summed E-state index contributed by atoms with van der Waals surface area (Å²) in [5.74, 6) is -0.377. The van der Waals surface area contributed by atoms with E-state index in [1.807, 2.05) is 73.3 Å². The fourth-order valence-corrected chi connectivity index (χ4v) is 4.86. The van der Waals surface area contributed by atoms with Crippen LogP contribution in [0.3, 0.4) is 0 Å². The zero-order valence-corrected chi connectivity index (χ0v) is 19.0. The fourth-order valence-electron chi connectivity index (χ4n) is 4.86. The predicted molar refractivity (Wildman–Crippen MR) is 128 cm³/mol. The molecule has 1 saturated heterocycles. The van der Waals surface area contributed by atoms with Crippen molar-refractivity contribution in [3.05, 3.63) is 77.4 Å². The molecule has 6 nitrogen and oxygen atoms in total. The van der Waals surface area contributed by atoms with Crippen molar-refractivity contribution in [3.8, 4) is 0 Å². The molecule has 0 unspecified atom stereocenters. The molecule has 0 aliphatic carbocycles. The second kappa shape index (κ2) is 8.35. The summed E-state index contributed by atoms with van der Waals surface area (Å²) < 4.78 is 0. The van der Waals surface area contributed by atoms with Crippen LogP contribution in [-0.4, -0.2) is 53.7 Å². The van der Waals surface area contributed by atoms with E-state index >= 15 is 0 Å². The fraction of sp³-hybridized carbons (Fsp3) is 0.296. The summed E-state index contributed by atoms with van der Waals surface area (Å²) in [6.45, 7) is 6.56. The number of hydrogen-bond acceptors (Lipinski definition) is 4. The maximum Gasteiger partial charge on any atom is 0.263 e. The lowest BCUT2D eigenvalue weighted by molar-refractivity contribution is -0.134. The van der Waals surface area contributed by atoms with E-state index < -0.39 is 0 Å². The highest BCUT2D eigenvalue weighted by Gasteiger charge is 2.39. The van der Waals surface area contributed by atoms with Gasteiger partial charge in [-0.1, -0.05) is 62.4 Å². The molecule has 1 fully saturated rings. The second-order valence-corrected chi connectivity index (χ2v) is 9.00. The number of fused-ring (bicyclic) bond motifs is 2. The van der Waals surface area contributed by atoms with Crippen molar-refractivity contribution in [1.82, 2.24) is 9.80 Å². The minimum absolute atomic E-state index is 0.0284. The van der Waals surface area contributed by atoms with Gasteiger partial charge in [0.2, 0.25) is 5.91 Å². The number of rotatable bonds is 4. The molecule has 2 heterocycles. The number of imide groups is 1. The Hall–Kier alpha value is -3.67. The highest BCUT2D eigenvalue weighted by molar-refractivity contribution is 6.23. The monoisotopic (exact) mass is 441 g/mol. The van der Waals surface area contributed by atoms with Crippen LogP contribution in [0.4, 0.5) is 5.69 Å². The average Bonchev–Trinajstić information content (AvgIpc) is 3.09. The molecule has 0 radical (unpaired) electrons. The average molecular weight is 442 g/mol. The molecular weight excluding hydrogens is 414 g/mol. The molecule has 0 saturated carbocycles. The van der Waals surface area contributed by atoms with Crippen LogP contribution in [0.25, 0.3) is 10.8 Å². The summed E-state index contributed by atoms with van der Waals surface area (Å²) in [5, 5.41) is 2.13. The van der Waals surface area contributed by atoms with E-state index in [2.05, 4.69) is 4.90 Å². The summed E-state index contributed by atoms with van der Waals surface area (Å²) >= 11 is 0. The third kappa shape index (κ3) is 3.65. The quantitative estimate of drug-likeness (QED) is 0.576. The molecule has 3 aromatic carbocycles. The van der Waals surface area contributed by atoms with Crippen LogP contribution >= 0.6 is 0 Å². The molecule has 3 aromatic rings. The normalized spacial score (nSPS) is 16.2. The van der Waals surface area contributed by atoms with Crippen molar-refractivity contribution >= 4 is 34.2 Å². The lowest BCUT2D eigenvalue weighted by Crippen LogP contribution is -2.50. The van der Waals surface area contributed by atoms with Crippen molar-refractivity contribution in [1.29, 1.82) is 0 Å². The molecule has 0 spiro atoms. The zero-order chi connectivity index (χ0) is 23.1. The van der Waals surface area contributed by atoms with Crippen molar-refractivity contribution in [2.45, 2.75) is 20.4 Å². The number of piperazine rings is 1. The molecule has 33 heavy (non-hydrogen) atoms. The number of benzene rings is 3. The number of anilines is 1. The van der Waals surface area contributed by atoms with Gasteiger partial charge in [-0.15, -0.1) is 0 Å². The zero-order valence-electron chi connectivity index (χ0n) is 19.0. The topological polar surface area (TPSA) is 60.9 Å². The molecular formula is C27H27N3O3. The standard InChI is InChI=1S/C27H27N3O3/c1-18(2)25(31)29-15-13-28(14-16-29)23-12-6-11-22-24(23)27(33)30(26(22)32)17-20-9-5-8-19-7-3-4-10-21(19)20/h3-12,18H,13-17H2,1-2H3. The van der Waals surface area contributed by atoms with Crippen molar-refractivity contribution in [3.63, 3.8) is 0 Å². The van der Waals surface area contributed by atoms with Gasteiger partial charge in [0.25, 0.3) is 11.8 Å². The number of carbonyl (C=O) groups is 3. The first kappa shape index (κ1) is 21.2. The van der Waals surface area contributed by atoms with Crippen LogP contribution in [0.2, 0.25) is 0 Å². The van der Waals surface area contributed by atoms with Crippen molar-refractivity contribution in [2.75, 3.05) is 31.1 Å². The van der Waals surface area contributed by atoms with Gasteiger partial charge in [0.1, 0.15) is 0 Å². The van der Waals surface area contributed by atoms with E-state index in [-0.39, 0.29) is 30.2 Å². The Balaban J connectivity index is 1.41. The molecule has 3 amide bonds. The van der Waals surface area contributed by atoms with Gasteiger partial charge in [0.15, 0.2) is 0 Å². The van der Waals surface area contributed by atoms with Gasteiger partial charge in [-0.25, -0.2) is 0 Å². The van der Waals surface area contributed by atoms with E-state index in [0.29, 0.717) is 37.3 Å². The van der Waals surface area contributed by atoms with Gasteiger partial charge in [0, 0.05) is 32.1 Å². The predicted octanol–water partition coefficient (Wildman–Crippen LogP) is 3.94. The molecule has 0 atom stereocenters. The molecule has 2 aliphatic rings. The second-order valence-electron chi connectivity index (χ2n) is 9.00. The van der Waals surface area contributed by atoms with Crippen LogP contribution in [-0.2, 0) is 11.3 Å². The van der Waals surface area contributed by atoms with Gasteiger partial charge in [0.05, 0.1) is 23.4 Å². The summed E-state index contributed by atoms with van der Waals surface area (Å²) in [7, 11) is 0. The minimum Gasteiger partial charge on any atom is -0.367 e. The summed E-state index contributed by atoms with van der Waals surface area (Å²) in [5.41, 5.74) is 2.66. The molecule has 5 rings (SSSR count). The molecule has 2 aliphatic heterocycles.